The first-order valence-electron chi connectivity index (χ1n) is 18.9. The van der Waals surface area contributed by atoms with Crippen LogP contribution in [0.1, 0.15) is 85.1 Å². The summed E-state index contributed by atoms with van der Waals surface area (Å²) < 4.78 is 9.30. The van der Waals surface area contributed by atoms with Crippen LogP contribution in [0, 0.1) is 31.8 Å². The summed E-state index contributed by atoms with van der Waals surface area (Å²) in [6.07, 6.45) is 0. The fraction of sp³-hybridized carbons (Fsp3) is 0.292. The Morgan fingerprint density at radius 2 is 1.39 bits per heavy atom. The Balaban J connectivity index is 0.00000480. The van der Waals surface area contributed by atoms with Gasteiger partial charge in [-0.05, 0) is 48.0 Å². The molecule has 8 rings (SSSR count). The Hall–Kier alpha value is -5.00. The van der Waals surface area contributed by atoms with Crippen LogP contribution in [0.3, 0.4) is 0 Å². The second-order valence-electron chi connectivity index (χ2n) is 17.7. The number of ether oxygens (including phenoxy) is 1. The standard InChI is InChI=1S/C48H48N6O.Pt/c1-30-18-17-23-39-42(30)53(29-52(39)11)33-24-31(46(2,3)4)25-34(26-33)55-41-28-40-36(35-21-15-16-22-38(35)54(40)32-19-13-12-14-20-32)27-37(41)43-49-44(47(5,6)7)51-45(50-43)48(8,9)10;/h12-19,21-25,27,29H,1-11H3;/q-4;+4. The molecule has 7 aromatic rings. The van der Waals surface area contributed by atoms with E-state index in [2.05, 4.69) is 182 Å². The second-order valence-corrected chi connectivity index (χ2v) is 17.7. The van der Waals surface area contributed by atoms with Gasteiger partial charge in [-0.1, -0.05) is 104 Å². The van der Waals surface area contributed by atoms with Gasteiger partial charge in [-0.2, -0.15) is 30.9 Å². The van der Waals surface area contributed by atoms with Crippen molar-refractivity contribution in [1.82, 2.24) is 19.5 Å². The van der Waals surface area contributed by atoms with E-state index in [1.54, 1.807) is 0 Å². The van der Waals surface area contributed by atoms with Gasteiger partial charge in [0, 0.05) is 39.2 Å². The maximum Gasteiger partial charge on any atom is 4.00 e. The molecule has 0 fully saturated rings. The van der Waals surface area contributed by atoms with E-state index in [1.165, 1.54) is 5.56 Å². The third kappa shape index (κ3) is 7.11. The van der Waals surface area contributed by atoms with Gasteiger partial charge >= 0.3 is 21.1 Å². The van der Waals surface area contributed by atoms with Gasteiger partial charge in [0.25, 0.3) is 0 Å². The Labute approximate surface area is 346 Å². The van der Waals surface area contributed by atoms with Crippen molar-refractivity contribution in [1.29, 1.82) is 0 Å². The van der Waals surface area contributed by atoms with Crippen LogP contribution in [0.15, 0.2) is 84.9 Å². The van der Waals surface area contributed by atoms with Crippen molar-refractivity contribution in [3.8, 4) is 28.6 Å². The van der Waals surface area contributed by atoms with Crippen LogP contribution in [-0.4, -0.2) is 26.6 Å². The van der Waals surface area contributed by atoms with Crippen LogP contribution in [0.5, 0.6) is 11.5 Å². The van der Waals surface area contributed by atoms with Gasteiger partial charge in [0.05, 0.1) is 0 Å². The summed E-state index contributed by atoms with van der Waals surface area (Å²) in [6, 6.07) is 40.2. The monoisotopic (exact) mass is 919 g/mol. The molecule has 0 bridgehead atoms. The molecule has 3 heterocycles. The SMILES string of the molecule is Cc1cccc2c1N(c1[c-]c(Oc3[c-]c4c(cc3-c3nc(C(C)(C)C)nc(C(C)(C)C)n3)c3ccccc3n4-c3[c-]cccc3)cc(C(C)(C)C)c1)[CH-]N2C.[Pt+4]. The number of para-hydroxylation sites is 3. The predicted molar refractivity (Wildman–Crippen MR) is 225 cm³/mol. The van der Waals surface area contributed by atoms with Gasteiger partial charge in [-0.25, -0.2) is 15.0 Å². The van der Waals surface area contributed by atoms with Gasteiger partial charge < -0.3 is 19.1 Å². The molecule has 56 heavy (non-hydrogen) atoms. The van der Waals surface area contributed by atoms with Gasteiger partial charge in [0.1, 0.15) is 17.5 Å². The van der Waals surface area contributed by atoms with Crippen molar-refractivity contribution in [3.63, 3.8) is 0 Å². The van der Waals surface area contributed by atoms with Crippen LogP contribution >= 0.6 is 0 Å². The van der Waals surface area contributed by atoms with E-state index < -0.39 is 0 Å². The number of fused-ring (bicyclic) bond motifs is 4. The molecule has 0 aliphatic carbocycles. The molecule has 8 heteroatoms. The molecule has 0 atom stereocenters. The minimum absolute atomic E-state index is 0. The number of hydrogen-bond donors (Lipinski definition) is 0. The molecule has 0 unspecified atom stereocenters. The Morgan fingerprint density at radius 3 is 2.05 bits per heavy atom. The maximum absolute atomic E-state index is 7.10. The second kappa shape index (κ2) is 14.2. The molecular formula is C48H48N6OPt. The predicted octanol–water partition coefficient (Wildman–Crippen LogP) is 11.7. The molecule has 286 valence electrons. The van der Waals surface area contributed by atoms with Gasteiger partial charge in [-0.3, -0.25) is 0 Å². The number of aryl methyl sites for hydroxylation is 1. The number of nitrogens with zero attached hydrogens (tertiary/aromatic N) is 6. The molecular weight excluding hydrogens is 872 g/mol. The Kier molecular flexibility index (Phi) is 9.94. The van der Waals surface area contributed by atoms with E-state index in [-0.39, 0.29) is 37.3 Å². The van der Waals surface area contributed by atoms with E-state index in [1.807, 2.05) is 18.2 Å². The smallest absolute Gasteiger partial charge is 0.508 e. The first-order valence-corrected chi connectivity index (χ1v) is 18.9. The number of benzene rings is 5. The zero-order valence-corrected chi connectivity index (χ0v) is 36.3. The summed E-state index contributed by atoms with van der Waals surface area (Å²) in [5.41, 5.74) is 8.22. The number of rotatable bonds is 5. The van der Waals surface area contributed by atoms with Crippen molar-refractivity contribution in [2.24, 2.45) is 0 Å². The average molecular weight is 920 g/mol. The molecule has 0 N–H and O–H groups in total. The zero-order valence-electron chi connectivity index (χ0n) is 34.1. The molecule has 0 saturated carbocycles. The van der Waals surface area contributed by atoms with Crippen LogP contribution < -0.4 is 14.5 Å². The van der Waals surface area contributed by atoms with E-state index in [4.69, 9.17) is 19.7 Å². The summed E-state index contributed by atoms with van der Waals surface area (Å²) in [6.45, 7) is 23.7. The van der Waals surface area contributed by atoms with Crippen LogP contribution in [0.25, 0.3) is 38.9 Å². The topological polar surface area (TPSA) is 59.3 Å². The van der Waals surface area contributed by atoms with E-state index in [0.717, 1.165) is 67.3 Å². The minimum atomic E-state index is -0.316. The summed E-state index contributed by atoms with van der Waals surface area (Å²) in [7, 11) is 2.08. The van der Waals surface area contributed by atoms with E-state index in [0.29, 0.717) is 17.3 Å². The summed E-state index contributed by atoms with van der Waals surface area (Å²) in [5, 5.41) is 2.10. The summed E-state index contributed by atoms with van der Waals surface area (Å²) >= 11 is 0. The van der Waals surface area contributed by atoms with Crippen LogP contribution in [-0.2, 0) is 37.3 Å². The molecule has 0 amide bonds. The zero-order chi connectivity index (χ0) is 39.0. The van der Waals surface area contributed by atoms with E-state index in [9.17, 15) is 0 Å². The van der Waals surface area contributed by atoms with Crippen molar-refractivity contribution in [2.45, 2.75) is 85.5 Å². The Morgan fingerprint density at radius 1 is 0.696 bits per heavy atom. The van der Waals surface area contributed by atoms with Crippen molar-refractivity contribution in [3.05, 3.63) is 133 Å². The molecule has 0 radical (unpaired) electrons. The first-order chi connectivity index (χ1) is 26.0. The third-order valence-corrected chi connectivity index (χ3v) is 10.1. The quantitative estimate of drug-likeness (QED) is 0.160. The maximum atomic E-state index is 7.10. The number of hydrogen-bond acceptors (Lipinski definition) is 6. The normalized spacial score (nSPS) is 13.3. The average Bonchev–Trinajstić information content (AvgIpc) is 3.65. The van der Waals surface area contributed by atoms with Gasteiger partial charge in [-0.15, -0.1) is 53.0 Å². The largest absolute Gasteiger partial charge is 4.00 e. The van der Waals surface area contributed by atoms with E-state index >= 15 is 0 Å². The molecule has 5 aromatic carbocycles. The minimum Gasteiger partial charge on any atom is -0.508 e. The third-order valence-electron chi connectivity index (χ3n) is 10.1. The van der Waals surface area contributed by atoms with Crippen molar-refractivity contribution >= 4 is 38.9 Å². The summed E-state index contributed by atoms with van der Waals surface area (Å²) in [5.74, 6) is 3.08. The van der Waals surface area contributed by atoms with Crippen molar-refractivity contribution in [2.75, 3.05) is 16.8 Å². The molecule has 0 saturated heterocycles. The molecule has 0 spiro atoms. The fourth-order valence-electron chi connectivity index (χ4n) is 7.08. The molecule has 1 aliphatic heterocycles. The van der Waals surface area contributed by atoms with Gasteiger partial charge in [0.2, 0.25) is 0 Å². The molecule has 1 aliphatic rings. The van der Waals surface area contributed by atoms with Crippen LogP contribution in [0.4, 0.5) is 17.1 Å². The first kappa shape index (κ1) is 39.2. The van der Waals surface area contributed by atoms with Gasteiger partial charge in [0.15, 0.2) is 0 Å². The number of aromatic nitrogens is 4. The fourth-order valence-corrected chi connectivity index (χ4v) is 7.08. The number of anilines is 3. The summed E-state index contributed by atoms with van der Waals surface area (Å²) in [4.78, 5) is 19.7. The molecule has 7 nitrogen and oxygen atoms in total. The van der Waals surface area contributed by atoms with Crippen LogP contribution in [0.2, 0.25) is 0 Å². The van der Waals surface area contributed by atoms with Crippen molar-refractivity contribution < 1.29 is 25.8 Å². The molecule has 2 aromatic heterocycles. The Bertz CT molecular complexity index is 2560.